The van der Waals surface area contributed by atoms with Crippen LogP contribution in [0.5, 0.6) is 0 Å². The van der Waals surface area contributed by atoms with Crippen LogP contribution in [0.3, 0.4) is 0 Å². The van der Waals surface area contributed by atoms with E-state index in [1.165, 1.54) is 32.6 Å². The molecule has 3 N–H and O–H groups in total. The second kappa shape index (κ2) is 12.5. The van der Waals surface area contributed by atoms with Gasteiger partial charge < -0.3 is 20.9 Å². The lowest BCUT2D eigenvalue weighted by molar-refractivity contribution is -0.161. The third-order valence-corrected chi connectivity index (χ3v) is 6.01. The molecule has 0 bridgehead atoms. The van der Waals surface area contributed by atoms with E-state index in [9.17, 15) is 32.8 Å². The van der Waals surface area contributed by atoms with Crippen LogP contribution in [0.25, 0.3) is 0 Å². The lowest BCUT2D eigenvalue weighted by atomic mass is 9.94. The second-order valence-electron chi connectivity index (χ2n) is 9.27. The molecule has 1 aliphatic rings. The van der Waals surface area contributed by atoms with E-state index in [0.29, 0.717) is 12.8 Å². The van der Waals surface area contributed by atoms with Crippen LogP contribution in [-0.4, -0.2) is 71.4 Å². The molecule has 1 saturated heterocycles. The van der Waals surface area contributed by atoms with Crippen LogP contribution in [-0.2, 0) is 30.4 Å². The number of rotatable bonds is 11. The fourth-order valence-electron chi connectivity index (χ4n) is 4.09. The summed E-state index contributed by atoms with van der Waals surface area (Å²) in [7, 11) is 0. The lowest BCUT2D eigenvalue weighted by Crippen LogP contribution is -2.59. The van der Waals surface area contributed by atoms with Crippen LogP contribution >= 0.6 is 0 Å². The summed E-state index contributed by atoms with van der Waals surface area (Å²) in [5.74, 6) is -10.2. The molecule has 11 heteroatoms. The number of halogens is 2. The Bertz CT molecular complexity index is 970. The monoisotopic (exact) mass is 508 g/mol. The SMILES string of the molecule is CC(=O)N[C@@H](C)C(=O)N1CCC[C@H]1C(=O)N[C@H](C(=O)C(F)(F)C(=O)NCCc1ccccc1)C(C)C. The van der Waals surface area contributed by atoms with Crippen molar-refractivity contribution in [2.24, 2.45) is 5.92 Å². The molecule has 0 unspecified atom stereocenters. The maximum Gasteiger partial charge on any atom is 0.383 e. The Balaban J connectivity index is 2.05. The molecule has 9 nitrogen and oxygen atoms in total. The van der Waals surface area contributed by atoms with E-state index >= 15 is 0 Å². The Hall–Kier alpha value is -3.37. The van der Waals surface area contributed by atoms with E-state index in [1.807, 2.05) is 0 Å². The first-order chi connectivity index (χ1) is 16.9. The van der Waals surface area contributed by atoms with Crippen LogP contribution in [0.2, 0.25) is 0 Å². The van der Waals surface area contributed by atoms with Crippen molar-refractivity contribution in [3.63, 3.8) is 0 Å². The molecule has 4 amide bonds. The molecule has 0 radical (unpaired) electrons. The number of amides is 4. The Kier molecular flexibility index (Phi) is 10.1. The van der Waals surface area contributed by atoms with E-state index in [1.54, 1.807) is 30.3 Å². The van der Waals surface area contributed by atoms with Gasteiger partial charge in [0.2, 0.25) is 23.5 Å². The van der Waals surface area contributed by atoms with Gasteiger partial charge in [0.25, 0.3) is 5.91 Å². The Labute approximate surface area is 209 Å². The average Bonchev–Trinajstić information content (AvgIpc) is 3.31. The fourth-order valence-corrected chi connectivity index (χ4v) is 4.09. The predicted octanol–water partition coefficient (Wildman–Crippen LogP) is 1.21. The third-order valence-electron chi connectivity index (χ3n) is 6.01. The number of carbonyl (C=O) groups is 5. The number of carbonyl (C=O) groups excluding carboxylic acids is 5. The Morgan fingerprint density at radius 1 is 1.06 bits per heavy atom. The molecule has 0 aromatic heterocycles. The molecule has 1 aliphatic heterocycles. The van der Waals surface area contributed by atoms with Gasteiger partial charge in [0.1, 0.15) is 12.1 Å². The first kappa shape index (κ1) is 28.9. The highest BCUT2D eigenvalue weighted by Gasteiger charge is 2.51. The van der Waals surface area contributed by atoms with Gasteiger partial charge in [-0.25, -0.2) is 0 Å². The molecule has 1 aromatic carbocycles. The molecule has 3 atom stereocenters. The minimum Gasteiger partial charge on any atom is -0.350 e. The number of nitrogens with zero attached hydrogens (tertiary/aromatic N) is 1. The zero-order valence-corrected chi connectivity index (χ0v) is 21.0. The topological polar surface area (TPSA) is 125 Å². The third kappa shape index (κ3) is 7.32. The molecule has 36 heavy (non-hydrogen) atoms. The summed E-state index contributed by atoms with van der Waals surface area (Å²) in [5, 5.41) is 6.89. The number of nitrogens with one attached hydrogen (secondary N) is 3. The maximum absolute atomic E-state index is 14.8. The summed E-state index contributed by atoms with van der Waals surface area (Å²) in [6.45, 7) is 5.85. The van der Waals surface area contributed by atoms with E-state index < -0.39 is 59.4 Å². The molecule has 198 valence electrons. The highest BCUT2D eigenvalue weighted by atomic mass is 19.3. The standard InChI is InChI=1S/C25H34F2N4O5/c1-15(2)20(21(33)25(26,27)24(36)28-13-12-18-9-6-5-7-10-18)30-22(34)19-11-8-14-31(19)23(35)16(3)29-17(4)32/h5-7,9-10,15-16,19-20H,8,11-14H2,1-4H3,(H,28,36)(H,29,32)(H,30,34)/t16-,19-,20-/m0/s1. The van der Waals surface area contributed by atoms with Crippen molar-refractivity contribution in [1.29, 1.82) is 0 Å². The predicted molar refractivity (Wildman–Crippen MR) is 128 cm³/mol. The van der Waals surface area contributed by atoms with E-state index in [2.05, 4.69) is 16.0 Å². The highest BCUT2D eigenvalue weighted by Crippen LogP contribution is 2.23. The molecule has 1 fully saturated rings. The molecule has 1 heterocycles. The van der Waals surface area contributed by atoms with Gasteiger partial charge in [-0.1, -0.05) is 44.2 Å². The summed E-state index contributed by atoms with van der Waals surface area (Å²) in [6.07, 6.45) is 1.08. The van der Waals surface area contributed by atoms with Crippen LogP contribution in [0.15, 0.2) is 30.3 Å². The van der Waals surface area contributed by atoms with Crippen molar-refractivity contribution in [1.82, 2.24) is 20.9 Å². The summed E-state index contributed by atoms with van der Waals surface area (Å²) in [4.78, 5) is 63.1. The molecular weight excluding hydrogens is 474 g/mol. The van der Waals surface area contributed by atoms with Gasteiger partial charge in [-0.3, -0.25) is 24.0 Å². The zero-order chi connectivity index (χ0) is 27.0. The van der Waals surface area contributed by atoms with Crippen LogP contribution in [0.4, 0.5) is 8.78 Å². The van der Waals surface area contributed by atoms with Crippen LogP contribution in [0.1, 0.15) is 46.1 Å². The number of hydrogen-bond acceptors (Lipinski definition) is 5. The first-order valence-corrected chi connectivity index (χ1v) is 12.0. The normalized spacial score (nSPS) is 17.3. The highest BCUT2D eigenvalue weighted by molar-refractivity contribution is 6.10. The summed E-state index contributed by atoms with van der Waals surface area (Å²) < 4.78 is 29.6. The minimum absolute atomic E-state index is 0.0873. The summed E-state index contributed by atoms with van der Waals surface area (Å²) in [5.41, 5.74) is 0.836. The zero-order valence-electron chi connectivity index (χ0n) is 21.0. The van der Waals surface area contributed by atoms with Crippen molar-refractivity contribution >= 4 is 29.4 Å². The lowest BCUT2D eigenvalue weighted by Gasteiger charge is -2.30. The van der Waals surface area contributed by atoms with Crippen molar-refractivity contribution in [2.45, 2.75) is 71.0 Å². The molecule has 0 saturated carbocycles. The van der Waals surface area contributed by atoms with Gasteiger partial charge in [-0.05, 0) is 37.7 Å². The van der Waals surface area contributed by atoms with Gasteiger partial charge in [-0.15, -0.1) is 0 Å². The van der Waals surface area contributed by atoms with Crippen LogP contribution < -0.4 is 16.0 Å². The number of Topliss-reactive ketones (excluding diaryl/α,β-unsaturated/α-hetero) is 1. The summed E-state index contributed by atoms with van der Waals surface area (Å²) >= 11 is 0. The molecular formula is C25H34F2N4O5. The minimum atomic E-state index is -4.36. The molecule has 0 aliphatic carbocycles. The molecule has 0 spiro atoms. The summed E-state index contributed by atoms with van der Waals surface area (Å²) in [6, 6.07) is 5.45. The average molecular weight is 509 g/mol. The van der Waals surface area contributed by atoms with Gasteiger partial charge in [0.15, 0.2) is 0 Å². The van der Waals surface area contributed by atoms with Gasteiger partial charge in [-0.2, -0.15) is 8.78 Å². The van der Waals surface area contributed by atoms with Crippen molar-refractivity contribution in [2.75, 3.05) is 13.1 Å². The number of alkyl halides is 2. The van der Waals surface area contributed by atoms with E-state index in [0.717, 1.165) is 5.56 Å². The van der Waals surface area contributed by atoms with Crippen molar-refractivity contribution in [3.05, 3.63) is 35.9 Å². The Morgan fingerprint density at radius 3 is 2.28 bits per heavy atom. The van der Waals surface area contributed by atoms with E-state index in [-0.39, 0.29) is 19.5 Å². The largest absolute Gasteiger partial charge is 0.383 e. The number of likely N-dealkylation sites (tertiary alicyclic amines) is 1. The fraction of sp³-hybridized carbons (Fsp3) is 0.560. The van der Waals surface area contributed by atoms with Gasteiger partial charge in [0, 0.05) is 20.0 Å². The van der Waals surface area contributed by atoms with Crippen LogP contribution in [0, 0.1) is 5.92 Å². The number of hydrogen-bond donors (Lipinski definition) is 3. The van der Waals surface area contributed by atoms with Crippen molar-refractivity contribution < 1.29 is 32.8 Å². The quantitative estimate of drug-likeness (QED) is 0.388. The molecule has 1 aromatic rings. The first-order valence-electron chi connectivity index (χ1n) is 12.0. The second-order valence-corrected chi connectivity index (χ2v) is 9.27. The number of benzene rings is 1. The van der Waals surface area contributed by atoms with E-state index in [4.69, 9.17) is 0 Å². The maximum atomic E-state index is 14.8. The van der Waals surface area contributed by atoms with Crippen molar-refractivity contribution in [3.8, 4) is 0 Å². The number of ketones is 1. The van der Waals surface area contributed by atoms with Gasteiger partial charge >= 0.3 is 5.92 Å². The Morgan fingerprint density at radius 2 is 1.69 bits per heavy atom. The molecule has 2 rings (SSSR count). The van der Waals surface area contributed by atoms with Gasteiger partial charge in [0.05, 0.1) is 6.04 Å². The smallest absolute Gasteiger partial charge is 0.350 e.